The van der Waals surface area contributed by atoms with Crippen LogP contribution in [-0.4, -0.2) is 40.8 Å². The minimum absolute atomic E-state index is 0.715. The zero-order valence-corrected chi connectivity index (χ0v) is 17.5. The van der Waals surface area contributed by atoms with E-state index in [1.54, 1.807) is 0 Å². The van der Waals surface area contributed by atoms with Crippen molar-refractivity contribution in [1.82, 2.24) is 14.9 Å². The molecule has 0 spiro atoms. The van der Waals surface area contributed by atoms with Gasteiger partial charge in [-0.05, 0) is 63.0 Å². The number of nitrogens with zero attached hydrogens (tertiary/aromatic N) is 3. The number of hydrogen-bond donors (Lipinski definition) is 1. The summed E-state index contributed by atoms with van der Waals surface area (Å²) < 4.78 is 0. The average Bonchev–Trinajstić information content (AvgIpc) is 2.72. The molecule has 4 rings (SSSR count). The third-order valence-electron chi connectivity index (χ3n) is 5.51. The molecule has 3 aromatic rings. The Bertz CT molecular complexity index is 943. The molecule has 0 saturated carbocycles. The lowest BCUT2D eigenvalue weighted by atomic mass is 10.0. The fourth-order valence-electron chi connectivity index (χ4n) is 3.86. The summed E-state index contributed by atoms with van der Waals surface area (Å²) in [6.45, 7) is 5.37. The molecule has 1 aliphatic rings. The summed E-state index contributed by atoms with van der Waals surface area (Å²) in [7, 11) is 2.24. The maximum Gasteiger partial charge on any atom is 0.0703 e. The molecule has 4 nitrogen and oxygen atoms in total. The van der Waals surface area contributed by atoms with E-state index in [2.05, 4.69) is 52.4 Å². The Kier molecular flexibility index (Phi) is 6.13. The molecule has 28 heavy (non-hydrogen) atoms. The molecule has 146 valence electrons. The summed E-state index contributed by atoms with van der Waals surface area (Å²) in [6, 6.07) is 12.5. The number of rotatable bonds is 6. The van der Waals surface area contributed by atoms with Crippen molar-refractivity contribution in [2.75, 3.05) is 31.2 Å². The number of fused-ring (bicyclic) bond motifs is 1. The van der Waals surface area contributed by atoms with Gasteiger partial charge in [-0.3, -0.25) is 9.97 Å². The second kappa shape index (κ2) is 8.93. The lowest BCUT2D eigenvalue weighted by Crippen LogP contribution is -2.33. The Hall–Kier alpha value is -2.11. The zero-order chi connectivity index (χ0) is 19.3. The number of nitrogens with one attached hydrogen (secondary N) is 1. The van der Waals surface area contributed by atoms with Crippen LogP contribution in [0.2, 0.25) is 0 Å². The molecule has 1 fully saturated rings. The van der Waals surface area contributed by atoms with Gasteiger partial charge in [0.15, 0.2) is 0 Å². The first-order valence-electron chi connectivity index (χ1n) is 10.0. The van der Waals surface area contributed by atoms with Gasteiger partial charge in [0.05, 0.1) is 29.6 Å². The third kappa shape index (κ3) is 4.65. The molecule has 0 radical (unpaired) electrons. The Labute approximate surface area is 171 Å². The normalized spacial score (nSPS) is 17.7. The van der Waals surface area contributed by atoms with Crippen molar-refractivity contribution in [2.45, 2.75) is 31.2 Å². The maximum absolute atomic E-state index is 4.62. The number of benzene rings is 1. The first-order chi connectivity index (χ1) is 13.7. The van der Waals surface area contributed by atoms with E-state index in [4.69, 9.17) is 0 Å². The topological polar surface area (TPSA) is 41.1 Å². The second-order valence-electron chi connectivity index (χ2n) is 7.73. The zero-order valence-electron chi connectivity index (χ0n) is 16.7. The summed E-state index contributed by atoms with van der Waals surface area (Å²) >= 11 is 1.99. The monoisotopic (exact) mass is 392 g/mol. The molecule has 0 aliphatic carbocycles. The van der Waals surface area contributed by atoms with E-state index in [0.29, 0.717) is 6.54 Å². The Morgan fingerprint density at radius 1 is 1.21 bits per heavy atom. The highest BCUT2D eigenvalue weighted by atomic mass is 32.2. The van der Waals surface area contributed by atoms with E-state index >= 15 is 0 Å². The largest absolute Gasteiger partial charge is 0.378 e. The predicted molar refractivity (Wildman–Crippen MR) is 119 cm³/mol. The van der Waals surface area contributed by atoms with Gasteiger partial charge < -0.3 is 10.2 Å². The SMILES string of the molecule is Cc1c(SCC2CCCN(C)C2)ccnc1CNc1cnc2ccccc2c1. The number of anilines is 1. The van der Waals surface area contributed by atoms with Gasteiger partial charge in [0.2, 0.25) is 0 Å². The summed E-state index contributed by atoms with van der Waals surface area (Å²) in [5.74, 6) is 1.98. The Balaban J connectivity index is 1.39. The minimum atomic E-state index is 0.715. The molecule has 1 aliphatic heterocycles. The van der Waals surface area contributed by atoms with Crippen molar-refractivity contribution in [1.29, 1.82) is 0 Å². The van der Waals surface area contributed by atoms with Gasteiger partial charge in [-0.2, -0.15) is 0 Å². The van der Waals surface area contributed by atoms with Gasteiger partial charge in [0.1, 0.15) is 0 Å². The summed E-state index contributed by atoms with van der Waals surface area (Å²) in [4.78, 5) is 13.0. The molecule has 0 bridgehead atoms. The van der Waals surface area contributed by atoms with E-state index in [9.17, 15) is 0 Å². The van der Waals surface area contributed by atoms with E-state index in [1.807, 2.05) is 42.4 Å². The van der Waals surface area contributed by atoms with Crippen LogP contribution in [0.3, 0.4) is 0 Å². The molecule has 1 aromatic carbocycles. The quantitative estimate of drug-likeness (QED) is 0.599. The van der Waals surface area contributed by atoms with E-state index in [0.717, 1.165) is 28.2 Å². The van der Waals surface area contributed by atoms with Gasteiger partial charge in [-0.1, -0.05) is 18.2 Å². The third-order valence-corrected chi connectivity index (χ3v) is 6.90. The molecular weight excluding hydrogens is 364 g/mol. The lowest BCUT2D eigenvalue weighted by Gasteiger charge is -2.29. The van der Waals surface area contributed by atoms with Crippen LogP contribution in [0.25, 0.3) is 10.9 Å². The van der Waals surface area contributed by atoms with Crippen LogP contribution in [0.5, 0.6) is 0 Å². The predicted octanol–water partition coefficient (Wildman–Crippen LogP) is 4.98. The van der Waals surface area contributed by atoms with Crippen LogP contribution in [0.1, 0.15) is 24.1 Å². The van der Waals surface area contributed by atoms with Gasteiger partial charge in [-0.15, -0.1) is 11.8 Å². The van der Waals surface area contributed by atoms with Crippen LogP contribution < -0.4 is 5.32 Å². The molecule has 5 heteroatoms. The summed E-state index contributed by atoms with van der Waals surface area (Å²) in [5, 5.41) is 4.64. The number of hydrogen-bond acceptors (Lipinski definition) is 5. The molecule has 1 unspecified atom stereocenters. The van der Waals surface area contributed by atoms with Crippen LogP contribution in [0.4, 0.5) is 5.69 Å². The highest BCUT2D eigenvalue weighted by molar-refractivity contribution is 7.99. The van der Waals surface area contributed by atoms with Crippen LogP contribution in [0, 0.1) is 12.8 Å². The number of pyridine rings is 2. The molecule has 2 aromatic heterocycles. The van der Waals surface area contributed by atoms with Crippen molar-refractivity contribution in [3.8, 4) is 0 Å². The first-order valence-corrected chi connectivity index (χ1v) is 11.0. The van der Waals surface area contributed by atoms with Crippen molar-refractivity contribution in [3.05, 3.63) is 60.0 Å². The van der Waals surface area contributed by atoms with E-state index in [-0.39, 0.29) is 0 Å². The van der Waals surface area contributed by atoms with Crippen molar-refractivity contribution in [2.24, 2.45) is 5.92 Å². The maximum atomic E-state index is 4.62. The van der Waals surface area contributed by atoms with Gasteiger partial charge in [-0.25, -0.2) is 0 Å². The number of thioether (sulfide) groups is 1. The lowest BCUT2D eigenvalue weighted by molar-refractivity contribution is 0.224. The van der Waals surface area contributed by atoms with Crippen molar-refractivity contribution in [3.63, 3.8) is 0 Å². The number of piperidine rings is 1. The number of para-hydroxylation sites is 1. The van der Waals surface area contributed by atoms with Crippen molar-refractivity contribution >= 4 is 28.4 Å². The number of aromatic nitrogens is 2. The fourth-order valence-corrected chi connectivity index (χ4v) is 5.04. The van der Waals surface area contributed by atoms with Gasteiger partial charge in [0.25, 0.3) is 0 Å². The highest BCUT2D eigenvalue weighted by Crippen LogP contribution is 2.29. The Morgan fingerprint density at radius 3 is 3.00 bits per heavy atom. The van der Waals surface area contributed by atoms with Gasteiger partial charge in [0, 0.05) is 28.8 Å². The summed E-state index contributed by atoms with van der Waals surface area (Å²) in [5.41, 5.74) is 4.45. The smallest absolute Gasteiger partial charge is 0.0703 e. The van der Waals surface area contributed by atoms with Crippen LogP contribution in [-0.2, 0) is 6.54 Å². The van der Waals surface area contributed by atoms with E-state index < -0.39 is 0 Å². The molecule has 0 amide bonds. The molecule has 1 N–H and O–H groups in total. The van der Waals surface area contributed by atoms with Crippen LogP contribution >= 0.6 is 11.8 Å². The first kappa shape index (κ1) is 19.2. The van der Waals surface area contributed by atoms with E-state index in [1.165, 1.54) is 42.1 Å². The molecule has 1 atom stereocenters. The van der Waals surface area contributed by atoms with Gasteiger partial charge >= 0.3 is 0 Å². The molecular formula is C23H28N4S. The Morgan fingerprint density at radius 2 is 2.11 bits per heavy atom. The standard InChI is InChI=1S/C23H28N4S/c1-17-22(14-25-20-12-19-7-3-4-8-21(19)26-13-20)24-10-9-23(17)28-16-18-6-5-11-27(2)15-18/h3-4,7-10,12-13,18,25H,5-6,11,14-16H2,1-2H3. The minimum Gasteiger partial charge on any atom is -0.378 e. The average molecular weight is 393 g/mol. The van der Waals surface area contributed by atoms with Crippen LogP contribution in [0.15, 0.2) is 53.7 Å². The number of likely N-dealkylation sites (tertiary alicyclic amines) is 1. The summed E-state index contributed by atoms with van der Waals surface area (Å²) in [6.07, 6.45) is 6.52. The molecule has 1 saturated heterocycles. The highest BCUT2D eigenvalue weighted by Gasteiger charge is 2.18. The van der Waals surface area contributed by atoms with Crippen molar-refractivity contribution < 1.29 is 0 Å². The second-order valence-corrected chi connectivity index (χ2v) is 8.79. The molecule has 3 heterocycles. The fraction of sp³-hybridized carbons (Fsp3) is 0.391.